The number of piperidine rings is 1. The molecule has 1 aliphatic heterocycles. The van der Waals surface area contributed by atoms with Gasteiger partial charge in [-0.2, -0.15) is 13.2 Å². The summed E-state index contributed by atoms with van der Waals surface area (Å²) in [6.07, 6.45) is -3.28. The highest BCUT2D eigenvalue weighted by Crippen LogP contribution is 2.29. The maximum atomic E-state index is 13.4. The van der Waals surface area contributed by atoms with Crippen LogP contribution in [0.2, 0.25) is 0 Å². The van der Waals surface area contributed by atoms with Crippen LogP contribution in [0.4, 0.5) is 13.2 Å². The fourth-order valence-corrected chi connectivity index (χ4v) is 5.49. The predicted molar refractivity (Wildman–Crippen MR) is 171 cm³/mol. The molecule has 1 fully saturated rings. The Bertz CT molecular complexity index is 1620. The van der Waals surface area contributed by atoms with E-state index in [1.54, 1.807) is 0 Å². The smallest absolute Gasteiger partial charge is 0.370 e. The molecule has 3 aromatic rings. The van der Waals surface area contributed by atoms with Gasteiger partial charge < -0.3 is 32.7 Å². The number of hydrogen-bond donors (Lipinski definition) is 5. The van der Waals surface area contributed by atoms with Crippen LogP contribution in [0.15, 0.2) is 71.7 Å². The SMILES string of the molecule is NC(=O)[C@H](Cc1ccc2ccccc2c1)NC(=O)[C@H](CCCN=C(N)N)NC(=O)C1CCN(C(=O)c2ccc(C(F)(F)F)cc2)CC1. The Balaban J connectivity index is 1.38. The Morgan fingerprint density at radius 3 is 2.15 bits per heavy atom. The van der Waals surface area contributed by atoms with Gasteiger partial charge in [0.15, 0.2) is 5.96 Å². The van der Waals surface area contributed by atoms with Crippen molar-refractivity contribution in [2.24, 2.45) is 28.1 Å². The molecule has 1 saturated heterocycles. The van der Waals surface area contributed by atoms with Gasteiger partial charge in [-0.15, -0.1) is 0 Å². The van der Waals surface area contributed by atoms with E-state index in [9.17, 15) is 32.3 Å². The zero-order valence-electron chi connectivity index (χ0n) is 25.6. The Morgan fingerprint density at radius 2 is 1.53 bits per heavy atom. The molecule has 8 N–H and O–H groups in total. The van der Waals surface area contributed by atoms with Crippen molar-refractivity contribution in [3.05, 3.63) is 83.4 Å². The number of nitrogens with two attached hydrogens (primary N) is 3. The van der Waals surface area contributed by atoms with Crippen LogP contribution in [0.5, 0.6) is 0 Å². The van der Waals surface area contributed by atoms with Crippen molar-refractivity contribution in [2.75, 3.05) is 19.6 Å². The number of halogens is 3. The van der Waals surface area contributed by atoms with Gasteiger partial charge >= 0.3 is 6.18 Å². The molecule has 4 amide bonds. The average molecular weight is 654 g/mol. The molecule has 0 unspecified atom stereocenters. The van der Waals surface area contributed by atoms with Crippen molar-refractivity contribution in [1.29, 1.82) is 0 Å². The lowest BCUT2D eigenvalue weighted by atomic mass is 9.94. The average Bonchev–Trinajstić information content (AvgIpc) is 3.04. The van der Waals surface area contributed by atoms with E-state index in [2.05, 4.69) is 15.6 Å². The topological polar surface area (TPSA) is 186 Å². The summed E-state index contributed by atoms with van der Waals surface area (Å²) in [5.74, 6) is -2.80. The summed E-state index contributed by atoms with van der Waals surface area (Å²) in [5.41, 5.74) is 16.5. The van der Waals surface area contributed by atoms with Crippen molar-refractivity contribution >= 4 is 40.4 Å². The first-order valence-corrected chi connectivity index (χ1v) is 15.2. The fraction of sp³-hybridized carbons (Fsp3) is 0.364. The summed E-state index contributed by atoms with van der Waals surface area (Å²) in [5, 5.41) is 7.46. The van der Waals surface area contributed by atoms with Crippen molar-refractivity contribution < 1.29 is 32.3 Å². The zero-order chi connectivity index (χ0) is 34.1. The van der Waals surface area contributed by atoms with Crippen LogP contribution in [0.3, 0.4) is 0 Å². The molecule has 250 valence electrons. The maximum absolute atomic E-state index is 13.4. The molecule has 0 saturated carbocycles. The molecular weight excluding hydrogens is 615 g/mol. The van der Waals surface area contributed by atoms with Crippen LogP contribution in [-0.2, 0) is 27.0 Å². The van der Waals surface area contributed by atoms with Crippen molar-refractivity contribution in [3.63, 3.8) is 0 Å². The van der Waals surface area contributed by atoms with Crippen molar-refractivity contribution in [3.8, 4) is 0 Å². The summed E-state index contributed by atoms with van der Waals surface area (Å²) < 4.78 is 38.7. The van der Waals surface area contributed by atoms with Crippen LogP contribution in [0, 0.1) is 5.92 Å². The lowest BCUT2D eigenvalue weighted by Crippen LogP contribution is -2.55. The second-order valence-electron chi connectivity index (χ2n) is 11.5. The van der Waals surface area contributed by atoms with E-state index in [0.29, 0.717) is 6.42 Å². The number of primary amides is 1. The number of likely N-dealkylation sites (tertiary alicyclic amines) is 1. The van der Waals surface area contributed by atoms with E-state index >= 15 is 0 Å². The monoisotopic (exact) mass is 653 g/mol. The third kappa shape index (κ3) is 9.67. The van der Waals surface area contributed by atoms with Crippen molar-refractivity contribution in [2.45, 2.75) is 50.4 Å². The molecule has 47 heavy (non-hydrogen) atoms. The predicted octanol–water partition coefficient (Wildman–Crippen LogP) is 2.46. The largest absolute Gasteiger partial charge is 0.416 e. The first kappa shape index (κ1) is 34.7. The number of benzene rings is 3. The van der Waals surface area contributed by atoms with Gasteiger partial charge in [0.1, 0.15) is 12.1 Å². The number of nitrogens with one attached hydrogen (secondary N) is 2. The first-order valence-electron chi connectivity index (χ1n) is 15.2. The van der Waals surface area contributed by atoms with E-state index in [4.69, 9.17) is 17.2 Å². The van der Waals surface area contributed by atoms with Gasteiger partial charge in [0, 0.05) is 37.5 Å². The van der Waals surface area contributed by atoms with Crippen LogP contribution >= 0.6 is 0 Å². The second kappa shape index (κ2) is 15.4. The summed E-state index contributed by atoms with van der Waals surface area (Å²) in [6, 6.07) is 15.3. The fourth-order valence-electron chi connectivity index (χ4n) is 5.49. The summed E-state index contributed by atoms with van der Waals surface area (Å²) >= 11 is 0. The van der Waals surface area contributed by atoms with E-state index in [1.807, 2.05) is 42.5 Å². The van der Waals surface area contributed by atoms with E-state index in [1.165, 1.54) is 4.90 Å². The number of aliphatic imine (C=N–C) groups is 1. The lowest BCUT2D eigenvalue weighted by molar-refractivity contribution is -0.137. The van der Waals surface area contributed by atoms with E-state index < -0.39 is 53.4 Å². The molecule has 2 atom stereocenters. The molecule has 0 spiro atoms. The third-order valence-electron chi connectivity index (χ3n) is 8.10. The van der Waals surface area contributed by atoms with Crippen LogP contribution in [0.1, 0.15) is 47.2 Å². The molecular formula is C33H38F3N7O4. The lowest BCUT2D eigenvalue weighted by Gasteiger charge is -2.32. The third-order valence-corrected chi connectivity index (χ3v) is 8.10. The molecule has 11 nitrogen and oxygen atoms in total. The van der Waals surface area contributed by atoms with Crippen LogP contribution in [-0.4, -0.2) is 66.2 Å². The zero-order valence-corrected chi connectivity index (χ0v) is 25.6. The summed E-state index contributed by atoms with van der Waals surface area (Å²) in [6.45, 7) is 0.617. The highest BCUT2D eigenvalue weighted by molar-refractivity contribution is 5.95. The minimum atomic E-state index is -4.51. The molecule has 0 bridgehead atoms. The molecule has 0 radical (unpaired) electrons. The Kier molecular flexibility index (Phi) is 11.4. The van der Waals surface area contributed by atoms with E-state index in [0.717, 1.165) is 40.6 Å². The summed E-state index contributed by atoms with van der Waals surface area (Å²) in [7, 11) is 0. The minimum Gasteiger partial charge on any atom is -0.370 e. The van der Waals surface area contributed by atoms with Gasteiger partial charge in [0.05, 0.1) is 5.56 Å². The number of hydrogen-bond acceptors (Lipinski definition) is 5. The Labute approximate surface area is 269 Å². The van der Waals surface area contributed by atoms with Gasteiger partial charge in [-0.05, 0) is 66.3 Å². The quantitative estimate of drug-likeness (QED) is 0.114. The molecule has 3 aromatic carbocycles. The second-order valence-corrected chi connectivity index (χ2v) is 11.5. The highest BCUT2D eigenvalue weighted by Gasteiger charge is 2.33. The number of amides is 4. The number of carbonyl (C=O) groups excluding carboxylic acids is 4. The van der Waals surface area contributed by atoms with E-state index in [-0.39, 0.29) is 56.8 Å². The number of rotatable bonds is 12. The number of guanidine groups is 1. The Morgan fingerprint density at radius 1 is 0.872 bits per heavy atom. The summed E-state index contributed by atoms with van der Waals surface area (Å²) in [4.78, 5) is 57.4. The highest BCUT2D eigenvalue weighted by atomic mass is 19.4. The maximum Gasteiger partial charge on any atom is 0.416 e. The normalized spacial score (nSPS) is 15.0. The number of carbonyl (C=O) groups is 4. The standard InChI is InChI=1S/C33H38F3N7O4/c34-33(35,36)25-11-9-23(10-12-25)31(47)43-16-13-22(14-17-43)29(45)41-26(6-3-15-40-32(38)39)30(46)42-27(28(37)44)19-20-7-8-21-4-1-2-5-24(21)18-20/h1-2,4-5,7-12,18,22,26-27H,3,6,13-17,19H2,(H2,37,44)(H,41,45)(H,42,46)(H4,38,39,40)/t26-,27-/m0/s1. The van der Waals surface area contributed by atoms with Gasteiger partial charge in [-0.1, -0.05) is 42.5 Å². The molecule has 14 heteroatoms. The van der Waals surface area contributed by atoms with Crippen molar-refractivity contribution in [1.82, 2.24) is 15.5 Å². The van der Waals surface area contributed by atoms with Crippen LogP contribution < -0.4 is 27.8 Å². The first-order chi connectivity index (χ1) is 22.3. The molecule has 4 rings (SSSR count). The Hall–Kier alpha value is -5.14. The molecule has 1 heterocycles. The minimum absolute atomic E-state index is 0.114. The molecule has 1 aliphatic rings. The van der Waals surface area contributed by atoms with Crippen LogP contribution in [0.25, 0.3) is 10.8 Å². The molecule has 0 aliphatic carbocycles. The van der Waals surface area contributed by atoms with Gasteiger partial charge in [0.25, 0.3) is 5.91 Å². The number of fused-ring (bicyclic) bond motifs is 1. The van der Waals surface area contributed by atoms with Gasteiger partial charge in [-0.25, -0.2) is 0 Å². The number of alkyl halides is 3. The number of nitrogens with zero attached hydrogens (tertiary/aromatic N) is 2. The van der Waals surface area contributed by atoms with Gasteiger partial charge in [-0.3, -0.25) is 24.2 Å². The van der Waals surface area contributed by atoms with Gasteiger partial charge in [0.2, 0.25) is 17.7 Å². The molecule has 0 aromatic heterocycles.